The van der Waals surface area contributed by atoms with Gasteiger partial charge in [-0.15, -0.1) is 0 Å². The molecule has 0 saturated heterocycles. The maximum absolute atomic E-state index is 11.7. The van der Waals surface area contributed by atoms with Gasteiger partial charge in [0.2, 0.25) is 0 Å². The highest BCUT2D eigenvalue weighted by molar-refractivity contribution is 6.33. The van der Waals surface area contributed by atoms with Crippen LogP contribution in [-0.2, 0) is 9.47 Å². The quantitative estimate of drug-likeness (QED) is 0.462. The van der Waals surface area contributed by atoms with Crippen LogP contribution in [0.25, 0.3) is 0 Å². The van der Waals surface area contributed by atoms with E-state index in [-0.39, 0.29) is 5.78 Å². The lowest BCUT2D eigenvalue weighted by Gasteiger charge is -2.05. The van der Waals surface area contributed by atoms with Crippen molar-refractivity contribution < 1.29 is 14.3 Å². The van der Waals surface area contributed by atoms with E-state index in [1.54, 1.807) is 25.3 Å². The third kappa shape index (κ3) is 4.73. The molecule has 0 aliphatic heterocycles. The lowest BCUT2D eigenvalue weighted by molar-refractivity contribution is 0.0641. The van der Waals surface area contributed by atoms with Gasteiger partial charge in [0.05, 0.1) is 30.5 Å². The summed E-state index contributed by atoms with van der Waals surface area (Å²) in [4.78, 5) is 11.7. The highest BCUT2D eigenvalue weighted by atomic mass is 35.5. The van der Waals surface area contributed by atoms with Gasteiger partial charge in [-0.05, 0) is 18.2 Å². The zero-order chi connectivity index (χ0) is 12.7. The maximum Gasteiger partial charge on any atom is 0.165 e. The first-order valence-electron chi connectivity index (χ1n) is 5.30. The summed E-state index contributed by atoms with van der Waals surface area (Å²) in [5, 5.41) is 0.456. The molecule has 17 heavy (non-hydrogen) atoms. The lowest BCUT2D eigenvalue weighted by atomic mass is 10.1. The van der Waals surface area contributed by atoms with Crippen LogP contribution in [-0.4, -0.2) is 32.7 Å². The highest BCUT2D eigenvalue weighted by Crippen LogP contribution is 2.20. The number of hydrogen-bond donors (Lipinski definition) is 1. The number of carbonyl (C=O) groups is 1. The Morgan fingerprint density at radius 3 is 2.76 bits per heavy atom. The summed E-state index contributed by atoms with van der Waals surface area (Å²) in [7, 11) is 1.60. The molecule has 0 saturated carbocycles. The minimum absolute atomic E-state index is 0.00853. The van der Waals surface area contributed by atoms with E-state index in [9.17, 15) is 4.79 Å². The molecule has 0 aliphatic rings. The summed E-state index contributed by atoms with van der Waals surface area (Å²) in [5.41, 5.74) is 6.59. The average Bonchev–Trinajstić information content (AvgIpc) is 2.32. The largest absolute Gasteiger partial charge is 0.398 e. The standard InChI is InChI=1S/C12H16ClNO3/c1-16-6-7-17-5-4-12(15)9-2-3-10(13)11(14)8-9/h2-3,8H,4-7,14H2,1H3. The minimum Gasteiger partial charge on any atom is -0.398 e. The number of nitrogen functional groups attached to an aromatic ring is 1. The van der Waals surface area contributed by atoms with Gasteiger partial charge in [-0.25, -0.2) is 0 Å². The van der Waals surface area contributed by atoms with E-state index < -0.39 is 0 Å². The van der Waals surface area contributed by atoms with Crippen molar-refractivity contribution in [2.24, 2.45) is 0 Å². The zero-order valence-corrected chi connectivity index (χ0v) is 10.5. The van der Waals surface area contributed by atoms with E-state index >= 15 is 0 Å². The van der Waals surface area contributed by atoms with Crippen molar-refractivity contribution in [3.05, 3.63) is 28.8 Å². The Balaban J connectivity index is 2.39. The number of halogens is 1. The van der Waals surface area contributed by atoms with Gasteiger partial charge in [0.25, 0.3) is 0 Å². The van der Waals surface area contributed by atoms with Crippen LogP contribution in [0.2, 0.25) is 5.02 Å². The fourth-order valence-electron chi connectivity index (χ4n) is 1.27. The summed E-state index contributed by atoms with van der Waals surface area (Å²) < 4.78 is 10.0. The zero-order valence-electron chi connectivity index (χ0n) is 9.74. The van der Waals surface area contributed by atoms with Gasteiger partial charge < -0.3 is 15.2 Å². The number of anilines is 1. The minimum atomic E-state index is -0.00853. The average molecular weight is 258 g/mol. The third-order valence-electron chi connectivity index (χ3n) is 2.22. The van der Waals surface area contributed by atoms with Gasteiger partial charge in [-0.1, -0.05) is 11.6 Å². The molecule has 1 aromatic rings. The summed E-state index contributed by atoms with van der Waals surface area (Å²) in [5.74, 6) is -0.00853. The van der Waals surface area contributed by atoms with Crippen LogP contribution >= 0.6 is 11.6 Å². The number of benzene rings is 1. The SMILES string of the molecule is COCCOCCC(=O)c1ccc(Cl)c(N)c1. The van der Waals surface area contributed by atoms with Crippen LogP contribution < -0.4 is 5.73 Å². The molecule has 1 rings (SSSR count). The molecule has 0 fully saturated rings. The smallest absolute Gasteiger partial charge is 0.165 e. The van der Waals surface area contributed by atoms with Gasteiger partial charge >= 0.3 is 0 Å². The first-order chi connectivity index (χ1) is 8.15. The van der Waals surface area contributed by atoms with Gasteiger partial charge in [-0.3, -0.25) is 4.79 Å². The molecular formula is C12H16ClNO3. The fraction of sp³-hybridized carbons (Fsp3) is 0.417. The molecule has 0 radical (unpaired) electrons. The van der Waals surface area contributed by atoms with Crippen LogP contribution in [0.5, 0.6) is 0 Å². The van der Waals surface area contributed by atoms with E-state index in [1.807, 2.05) is 0 Å². The summed E-state index contributed by atoms with van der Waals surface area (Å²) in [6, 6.07) is 4.87. The molecule has 94 valence electrons. The first kappa shape index (κ1) is 14.0. The molecule has 4 nitrogen and oxygen atoms in total. The number of nitrogens with two attached hydrogens (primary N) is 1. The summed E-state index contributed by atoms with van der Waals surface area (Å²) in [6.07, 6.45) is 0.324. The second kappa shape index (κ2) is 7.27. The Bertz CT molecular complexity index is 382. The van der Waals surface area contributed by atoms with Crippen LogP contribution in [0.3, 0.4) is 0 Å². The second-order valence-electron chi connectivity index (χ2n) is 3.51. The molecule has 0 unspecified atom stereocenters. The Morgan fingerprint density at radius 1 is 1.35 bits per heavy atom. The van der Waals surface area contributed by atoms with E-state index in [2.05, 4.69) is 0 Å². The van der Waals surface area contributed by atoms with E-state index in [4.69, 9.17) is 26.8 Å². The maximum atomic E-state index is 11.7. The highest BCUT2D eigenvalue weighted by Gasteiger charge is 2.07. The predicted molar refractivity (Wildman–Crippen MR) is 67.5 cm³/mol. The number of hydrogen-bond acceptors (Lipinski definition) is 4. The van der Waals surface area contributed by atoms with Crippen molar-refractivity contribution in [2.45, 2.75) is 6.42 Å². The Morgan fingerprint density at radius 2 is 2.12 bits per heavy atom. The first-order valence-corrected chi connectivity index (χ1v) is 5.68. The van der Waals surface area contributed by atoms with Crippen molar-refractivity contribution in [2.75, 3.05) is 32.7 Å². The molecule has 0 aromatic heterocycles. The molecule has 0 heterocycles. The predicted octanol–water partition coefficient (Wildman–Crippen LogP) is 2.16. The number of ketones is 1. The van der Waals surface area contributed by atoms with Gasteiger partial charge in [-0.2, -0.15) is 0 Å². The molecule has 0 aliphatic carbocycles. The molecule has 0 amide bonds. The molecule has 0 spiro atoms. The Kier molecular flexibility index (Phi) is 5.97. The number of methoxy groups -OCH3 is 1. The third-order valence-corrected chi connectivity index (χ3v) is 2.57. The topological polar surface area (TPSA) is 61.5 Å². The lowest BCUT2D eigenvalue weighted by Crippen LogP contribution is -2.08. The summed E-state index contributed by atoms with van der Waals surface area (Å²) in [6.45, 7) is 1.40. The summed E-state index contributed by atoms with van der Waals surface area (Å²) >= 11 is 5.77. The van der Waals surface area contributed by atoms with Gasteiger partial charge in [0.15, 0.2) is 5.78 Å². The normalized spacial score (nSPS) is 10.5. The number of rotatable bonds is 7. The van der Waals surface area contributed by atoms with Crippen molar-refractivity contribution in [1.82, 2.24) is 0 Å². The fourth-order valence-corrected chi connectivity index (χ4v) is 1.39. The molecule has 0 atom stereocenters. The second-order valence-corrected chi connectivity index (χ2v) is 3.92. The Labute approximate surface area is 106 Å². The van der Waals surface area contributed by atoms with Gasteiger partial charge in [0.1, 0.15) is 0 Å². The van der Waals surface area contributed by atoms with Crippen LogP contribution in [0.4, 0.5) is 5.69 Å². The van der Waals surface area contributed by atoms with E-state index in [0.717, 1.165) is 0 Å². The number of Topliss-reactive ketones (excluding diaryl/α,β-unsaturated/α-hetero) is 1. The molecular weight excluding hydrogens is 242 g/mol. The molecule has 0 bridgehead atoms. The van der Waals surface area contributed by atoms with Crippen LogP contribution in [0.15, 0.2) is 18.2 Å². The van der Waals surface area contributed by atoms with Crippen LogP contribution in [0.1, 0.15) is 16.8 Å². The van der Waals surface area contributed by atoms with Crippen molar-refractivity contribution in [3.63, 3.8) is 0 Å². The molecule has 5 heteroatoms. The van der Waals surface area contributed by atoms with Gasteiger partial charge in [0, 0.05) is 19.1 Å². The van der Waals surface area contributed by atoms with Crippen molar-refractivity contribution >= 4 is 23.1 Å². The van der Waals surface area contributed by atoms with Crippen molar-refractivity contribution in [3.8, 4) is 0 Å². The van der Waals surface area contributed by atoms with E-state index in [0.29, 0.717) is 42.5 Å². The number of ether oxygens (including phenoxy) is 2. The van der Waals surface area contributed by atoms with Crippen molar-refractivity contribution in [1.29, 1.82) is 0 Å². The number of carbonyl (C=O) groups excluding carboxylic acids is 1. The molecule has 1 aromatic carbocycles. The molecule has 2 N–H and O–H groups in total. The van der Waals surface area contributed by atoms with Crippen LogP contribution in [0, 0.1) is 0 Å². The monoisotopic (exact) mass is 257 g/mol. The van der Waals surface area contributed by atoms with E-state index in [1.165, 1.54) is 0 Å². The Hall–Kier alpha value is -1.10.